The van der Waals surface area contributed by atoms with Crippen molar-refractivity contribution in [1.82, 2.24) is 14.5 Å². The Labute approximate surface area is 194 Å². The van der Waals surface area contributed by atoms with E-state index in [1.165, 1.54) is 12.1 Å². The number of benzene rings is 2. The van der Waals surface area contributed by atoms with Gasteiger partial charge in [-0.05, 0) is 35.9 Å². The summed E-state index contributed by atoms with van der Waals surface area (Å²) in [6, 6.07) is 10.0. The second-order valence-electron chi connectivity index (χ2n) is 7.66. The number of hydrogen-bond acceptors (Lipinski definition) is 5. The van der Waals surface area contributed by atoms with Crippen LogP contribution in [0.15, 0.2) is 54.9 Å². The highest BCUT2D eigenvalue weighted by Crippen LogP contribution is 2.31. The van der Waals surface area contributed by atoms with Crippen molar-refractivity contribution < 1.29 is 23.8 Å². The predicted octanol–water partition coefficient (Wildman–Crippen LogP) is 2.93. The van der Waals surface area contributed by atoms with Gasteiger partial charge in [0.05, 0.1) is 24.2 Å². The number of amides is 2. The van der Waals surface area contributed by atoms with E-state index in [9.17, 15) is 19.1 Å². The maximum atomic E-state index is 13.3. The number of aliphatic hydroxyl groups excluding tert-OH is 1. The number of anilines is 1. The van der Waals surface area contributed by atoms with Crippen molar-refractivity contribution >= 4 is 29.1 Å². The number of carbonyl (C=O) groups excluding carboxylic acids is 2. The molecule has 2 N–H and O–H groups in total. The molecule has 172 valence electrons. The molecule has 1 saturated heterocycles. The second-order valence-corrected chi connectivity index (χ2v) is 8.07. The topological polar surface area (TPSA) is 96.7 Å². The first-order chi connectivity index (χ1) is 15.9. The molecule has 2 heterocycles. The molecule has 33 heavy (non-hydrogen) atoms. The van der Waals surface area contributed by atoms with Crippen LogP contribution in [0.4, 0.5) is 10.1 Å². The Morgan fingerprint density at radius 2 is 2.06 bits per heavy atom. The van der Waals surface area contributed by atoms with E-state index in [1.54, 1.807) is 41.6 Å². The van der Waals surface area contributed by atoms with Crippen LogP contribution in [0.3, 0.4) is 0 Å². The number of imidazole rings is 1. The number of ether oxygens (including phenoxy) is 1. The highest BCUT2D eigenvalue weighted by Gasteiger charge is 2.37. The van der Waals surface area contributed by atoms with E-state index in [0.29, 0.717) is 11.5 Å². The predicted molar refractivity (Wildman–Crippen MR) is 119 cm³/mol. The molecular formula is C23H22ClFN4O4. The van der Waals surface area contributed by atoms with Crippen LogP contribution in [-0.4, -0.2) is 50.6 Å². The van der Waals surface area contributed by atoms with E-state index in [2.05, 4.69) is 10.3 Å². The maximum Gasteiger partial charge on any atom is 0.255 e. The van der Waals surface area contributed by atoms with E-state index in [4.69, 9.17) is 16.3 Å². The third kappa shape index (κ3) is 4.90. The van der Waals surface area contributed by atoms with Crippen LogP contribution in [0.25, 0.3) is 0 Å². The van der Waals surface area contributed by atoms with Gasteiger partial charge in [-0.15, -0.1) is 0 Å². The van der Waals surface area contributed by atoms with Crippen LogP contribution in [0, 0.1) is 5.82 Å². The van der Waals surface area contributed by atoms with Crippen molar-refractivity contribution in [2.24, 2.45) is 7.05 Å². The fraction of sp³-hybridized carbons (Fsp3) is 0.261. The number of hydrogen-bond donors (Lipinski definition) is 2. The smallest absolute Gasteiger partial charge is 0.255 e. The Morgan fingerprint density at radius 1 is 1.30 bits per heavy atom. The molecule has 8 nitrogen and oxygen atoms in total. The summed E-state index contributed by atoms with van der Waals surface area (Å²) < 4.78 is 20.9. The summed E-state index contributed by atoms with van der Waals surface area (Å²) in [4.78, 5) is 30.8. The zero-order chi connectivity index (χ0) is 23.5. The number of carbonyl (C=O) groups is 2. The first-order valence-corrected chi connectivity index (χ1v) is 10.6. The Bertz CT molecular complexity index is 1170. The van der Waals surface area contributed by atoms with Crippen LogP contribution in [0.1, 0.15) is 27.8 Å². The van der Waals surface area contributed by atoms with Gasteiger partial charge in [-0.3, -0.25) is 9.59 Å². The number of aryl methyl sites for hydroxylation is 1. The highest BCUT2D eigenvalue weighted by molar-refractivity contribution is 6.31. The summed E-state index contributed by atoms with van der Waals surface area (Å²) >= 11 is 5.75. The number of nitrogens with zero attached hydrogens (tertiary/aromatic N) is 3. The molecule has 3 aromatic rings. The van der Waals surface area contributed by atoms with E-state index in [1.807, 2.05) is 11.6 Å². The van der Waals surface area contributed by atoms with Gasteiger partial charge in [-0.25, -0.2) is 9.37 Å². The summed E-state index contributed by atoms with van der Waals surface area (Å²) in [7, 11) is 1.84. The van der Waals surface area contributed by atoms with Crippen LogP contribution in [0.2, 0.25) is 5.02 Å². The van der Waals surface area contributed by atoms with Gasteiger partial charge in [-0.1, -0.05) is 23.7 Å². The van der Waals surface area contributed by atoms with Crippen LogP contribution in [-0.2, 0) is 23.1 Å². The van der Waals surface area contributed by atoms with E-state index < -0.39 is 23.9 Å². The summed E-state index contributed by atoms with van der Waals surface area (Å²) in [5.41, 5.74) is 1.49. The van der Waals surface area contributed by atoms with E-state index in [0.717, 1.165) is 11.6 Å². The molecule has 1 aromatic heterocycles. The molecule has 1 aliphatic rings. The molecule has 0 spiro atoms. The number of aliphatic hydroxyl groups is 1. The third-order valence-corrected chi connectivity index (χ3v) is 5.84. The quantitative estimate of drug-likeness (QED) is 0.575. The molecule has 0 bridgehead atoms. The van der Waals surface area contributed by atoms with Crippen LogP contribution in [0.5, 0.6) is 0 Å². The highest BCUT2D eigenvalue weighted by atomic mass is 35.5. The minimum absolute atomic E-state index is 0.116. The van der Waals surface area contributed by atoms with Gasteiger partial charge in [0, 0.05) is 30.7 Å². The lowest BCUT2D eigenvalue weighted by molar-refractivity contribution is -0.162. The van der Waals surface area contributed by atoms with Crippen molar-refractivity contribution in [3.05, 3.63) is 82.6 Å². The second kappa shape index (κ2) is 9.70. The number of halogens is 2. The van der Waals surface area contributed by atoms with Gasteiger partial charge in [0.2, 0.25) is 5.91 Å². The average molecular weight is 473 g/mol. The minimum atomic E-state index is -0.598. The molecular weight excluding hydrogens is 451 g/mol. The van der Waals surface area contributed by atoms with Crippen molar-refractivity contribution in [2.75, 3.05) is 18.5 Å². The molecule has 0 unspecified atom stereocenters. The van der Waals surface area contributed by atoms with Gasteiger partial charge in [0.15, 0.2) is 0 Å². The van der Waals surface area contributed by atoms with Gasteiger partial charge < -0.3 is 24.6 Å². The number of morpholine rings is 1. The summed E-state index contributed by atoms with van der Waals surface area (Å²) in [6.07, 6.45) is 2.89. The Hall–Kier alpha value is -3.27. The average Bonchev–Trinajstić information content (AvgIpc) is 3.21. The lowest BCUT2D eigenvalue weighted by atomic mass is 9.99. The summed E-state index contributed by atoms with van der Waals surface area (Å²) in [6.45, 7) is -0.151. The van der Waals surface area contributed by atoms with Crippen LogP contribution < -0.4 is 5.32 Å². The molecule has 0 radical (unpaired) electrons. The number of nitrogens with one attached hydrogen (secondary N) is 1. The maximum absolute atomic E-state index is 13.3. The Morgan fingerprint density at radius 3 is 2.70 bits per heavy atom. The standard InChI is InChI=1S/C23H22ClFN4O4/c1-28-9-8-26-20(28)11-29-19(12-30)22(33-13-21(29)31)14-2-5-16(6-3-14)27-23(32)15-4-7-18(25)17(24)10-15/h2-10,19,22,30H,11-13H2,1H3,(H,27,32)/t19-,22-/m1/s1. The lowest BCUT2D eigenvalue weighted by Crippen LogP contribution is -2.52. The molecule has 2 amide bonds. The van der Waals surface area contributed by atoms with Crippen molar-refractivity contribution in [2.45, 2.75) is 18.7 Å². The van der Waals surface area contributed by atoms with E-state index in [-0.39, 0.29) is 36.3 Å². The Balaban J connectivity index is 1.48. The SMILES string of the molecule is Cn1ccnc1CN1C(=O)CO[C@H](c2ccc(NC(=O)c3ccc(F)c(Cl)c3)cc2)[C@H]1CO. The molecule has 2 aromatic carbocycles. The summed E-state index contributed by atoms with van der Waals surface area (Å²) in [5.74, 6) is -0.561. The molecule has 4 rings (SSSR count). The summed E-state index contributed by atoms with van der Waals surface area (Å²) in [5, 5.41) is 12.6. The van der Waals surface area contributed by atoms with Crippen molar-refractivity contribution in [3.63, 3.8) is 0 Å². The monoisotopic (exact) mass is 472 g/mol. The fourth-order valence-corrected chi connectivity index (χ4v) is 3.90. The molecule has 2 atom stereocenters. The van der Waals surface area contributed by atoms with Gasteiger partial charge >= 0.3 is 0 Å². The molecule has 1 aliphatic heterocycles. The molecule has 10 heteroatoms. The molecule has 1 fully saturated rings. The van der Waals surface area contributed by atoms with Crippen molar-refractivity contribution in [1.29, 1.82) is 0 Å². The fourth-order valence-electron chi connectivity index (χ4n) is 3.72. The zero-order valence-corrected chi connectivity index (χ0v) is 18.5. The van der Waals surface area contributed by atoms with Gasteiger partial charge in [0.1, 0.15) is 24.4 Å². The zero-order valence-electron chi connectivity index (χ0n) is 17.7. The largest absolute Gasteiger partial charge is 0.394 e. The first kappa shape index (κ1) is 22.9. The first-order valence-electron chi connectivity index (χ1n) is 10.2. The molecule has 0 saturated carbocycles. The van der Waals surface area contributed by atoms with Crippen LogP contribution >= 0.6 is 11.6 Å². The number of aromatic nitrogens is 2. The van der Waals surface area contributed by atoms with Gasteiger partial charge in [0.25, 0.3) is 5.91 Å². The number of rotatable bonds is 6. The third-order valence-electron chi connectivity index (χ3n) is 5.56. The van der Waals surface area contributed by atoms with Gasteiger partial charge in [-0.2, -0.15) is 0 Å². The van der Waals surface area contributed by atoms with Crippen molar-refractivity contribution in [3.8, 4) is 0 Å². The molecule has 0 aliphatic carbocycles. The lowest BCUT2D eigenvalue weighted by Gasteiger charge is -2.40. The van der Waals surface area contributed by atoms with E-state index >= 15 is 0 Å². The Kier molecular flexibility index (Phi) is 6.73. The normalized spacial score (nSPS) is 18.4. The minimum Gasteiger partial charge on any atom is -0.394 e.